The van der Waals surface area contributed by atoms with E-state index in [2.05, 4.69) is 19.9 Å². The Bertz CT molecular complexity index is 589. The quantitative estimate of drug-likeness (QED) is 0.365. The lowest BCUT2D eigenvalue weighted by Gasteiger charge is -1.91. The molecule has 2 rings (SSSR count). The molecule has 0 amide bonds. The Morgan fingerprint density at radius 1 is 1.37 bits per heavy atom. The molecule has 104 valence electrons. The number of rotatable bonds is 3. The molecule has 0 fully saturated rings. The molecule has 11 heteroatoms. The smallest absolute Gasteiger partial charge is 0.230 e. The number of aromatic nitrogens is 3. The van der Waals surface area contributed by atoms with Crippen molar-refractivity contribution in [1.82, 2.24) is 15.0 Å². The minimum atomic E-state index is -0.317. The lowest BCUT2D eigenvalue weighted by Crippen LogP contribution is -2.21. The first-order valence-corrected chi connectivity index (χ1v) is 5.34. The molecule has 0 spiro atoms. The van der Waals surface area contributed by atoms with Crippen molar-refractivity contribution in [3.05, 3.63) is 23.0 Å². The number of guanidine groups is 1. The van der Waals surface area contributed by atoms with Gasteiger partial charge in [0.25, 0.3) is 0 Å². The molecule has 2 heterocycles. The van der Waals surface area contributed by atoms with Crippen molar-refractivity contribution < 1.29 is 4.79 Å². The van der Waals surface area contributed by atoms with E-state index in [4.69, 9.17) is 17.2 Å². The molecular weight excluding hydrogens is 313 g/mol. The van der Waals surface area contributed by atoms with E-state index in [0.717, 1.165) is 11.3 Å². The molecule has 0 saturated heterocycles. The van der Waals surface area contributed by atoms with Gasteiger partial charge in [0.1, 0.15) is 11.4 Å². The largest absolute Gasteiger partial charge is 0.370 e. The number of thiazole rings is 1. The Morgan fingerprint density at radius 2 is 2.05 bits per heavy atom. The average molecular weight is 324 g/mol. The van der Waals surface area contributed by atoms with E-state index >= 15 is 0 Å². The van der Waals surface area contributed by atoms with E-state index in [1.54, 1.807) is 5.38 Å². The number of nitrogen functional groups attached to an aromatic ring is 1. The topological polar surface area (TPSA) is 149 Å². The maximum Gasteiger partial charge on any atom is 0.230 e. The van der Waals surface area contributed by atoms with Crippen LogP contribution >= 0.6 is 36.2 Å². The van der Waals surface area contributed by atoms with E-state index < -0.39 is 0 Å². The van der Waals surface area contributed by atoms with Crippen LogP contribution in [0.25, 0.3) is 0 Å². The minimum Gasteiger partial charge on any atom is -0.370 e. The lowest BCUT2D eigenvalue weighted by atomic mass is 10.2. The van der Waals surface area contributed by atoms with E-state index in [1.165, 1.54) is 6.20 Å². The van der Waals surface area contributed by atoms with Crippen molar-refractivity contribution in [3.8, 4) is 0 Å². The number of halogens is 2. The molecule has 0 aliphatic heterocycles. The van der Waals surface area contributed by atoms with E-state index in [0.29, 0.717) is 5.13 Å². The fourth-order valence-corrected chi connectivity index (χ4v) is 1.81. The number of carbonyl (C=O) groups is 1. The number of carbonyl (C=O) groups excluding carboxylic acids is 1. The summed E-state index contributed by atoms with van der Waals surface area (Å²) in [6.07, 6.45) is 1.34. The first kappa shape index (κ1) is 17.2. The van der Waals surface area contributed by atoms with Gasteiger partial charge in [0.2, 0.25) is 10.9 Å². The van der Waals surface area contributed by atoms with Gasteiger partial charge in [0.15, 0.2) is 11.9 Å². The Labute approximate surface area is 124 Å². The van der Waals surface area contributed by atoms with Crippen LogP contribution in [0.4, 0.5) is 11.1 Å². The summed E-state index contributed by atoms with van der Waals surface area (Å²) in [7, 11) is 0. The zero-order valence-corrected chi connectivity index (χ0v) is 11.8. The van der Waals surface area contributed by atoms with Crippen LogP contribution in [-0.4, -0.2) is 26.7 Å². The van der Waals surface area contributed by atoms with Crippen molar-refractivity contribution in [1.29, 1.82) is 0 Å². The number of aliphatic imine (C=N–C) groups is 1. The summed E-state index contributed by atoms with van der Waals surface area (Å²) >= 11 is 1.16. The monoisotopic (exact) mass is 323 g/mol. The van der Waals surface area contributed by atoms with Gasteiger partial charge in [-0.3, -0.25) is 4.79 Å². The molecule has 0 radical (unpaired) electrons. The van der Waals surface area contributed by atoms with Gasteiger partial charge in [-0.25, -0.2) is 9.97 Å². The van der Waals surface area contributed by atoms with Crippen LogP contribution in [0, 0.1) is 0 Å². The molecule has 7 N–H and O–H groups in total. The molecule has 0 aliphatic carbocycles. The molecule has 2 aromatic heterocycles. The second kappa shape index (κ2) is 6.92. The molecule has 0 unspecified atom stereocenters. The van der Waals surface area contributed by atoms with Crippen LogP contribution in [0.15, 0.2) is 16.6 Å². The SMILES string of the molecule is Cl.Cl.NC(N)=Nc1nc(C(=O)c2cnc(N)[nH]2)cs1. The Morgan fingerprint density at radius 3 is 2.58 bits per heavy atom. The van der Waals surface area contributed by atoms with E-state index in [9.17, 15) is 4.79 Å². The molecule has 0 atom stereocenters. The van der Waals surface area contributed by atoms with Gasteiger partial charge in [-0.1, -0.05) is 0 Å². The number of imidazole rings is 1. The lowest BCUT2D eigenvalue weighted by molar-refractivity contribution is 0.103. The summed E-state index contributed by atoms with van der Waals surface area (Å²) in [5.74, 6) is -0.250. The standard InChI is InChI=1S/C8H9N7OS.2ClH/c9-6(10)15-8-14-4(2-17-8)5(16)3-1-12-7(11)13-3;;/h1-2H,(H3,11,12,13)(H4,9,10,14,15);2*1H. The fraction of sp³-hybridized carbons (Fsp3) is 0. The normalized spacial score (nSPS) is 9.05. The third-order valence-electron chi connectivity index (χ3n) is 1.79. The van der Waals surface area contributed by atoms with E-state index in [1.807, 2.05) is 0 Å². The second-order valence-corrected chi connectivity index (χ2v) is 3.90. The number of ketones is 1. The van der Waals surface area contributed by atoms with Crippen LogP contribution < -0.4 is 17.2 Å². The number of nitrogens with zero attached hydrogens (tertiary/aromatic N) is 3. The van der Waals surface area contributed by atoms with Gasteiger partial charge >= 0.3 is 0 Å². The van der Waals surface area contributed by atoms with Crippen LogP contribution in [0.5, 0.6) is 0 Å². The summed E-state index contributed by atoms with van der Waals surface area (Å²) in [6.45, 7) is 0. The first-order valence-electron chi connectivity index (χ1n) is 4.46. The summed E-state index contributed by atoms with van der Waals surface area (Å²) in [4.78, 5) is 25.9. The van der Waals surface area contributed by atoms with Gasteiger partial charge in [-0.2, -0.15) is 4.99 Å². The molecular formula is C8H11Cl2N7OS. The first-order chi connectivity index (χ1) is 8.06. The summed E-state index contributed by atoms with van der Waals surface area (Å²) in [6, 6.07) is 0. The molecule has 0 bridgehead atoms. The number of anilines is 1. The maximum atomic E-state index is 11.9. The van der Waals surface area contributed by atoms with Gasteiger partial charge in [0.05, 0.1) is 6.20 Å². The van der Waals surface area contributed by atoms with Crippen molar-refractivity contribution in [3.63, 3.8) is 0 Å². The molecule has 8 nitrogen and oxygen atoms in total. The number of aromatic amines is 1. The molecule has 0 saturated carbocycles. The molecule has 2 aromatic rings. The highest BCUT2D eigenvalue weighted by molar-refractivity contribution is 7.13. The zero-order valence-electron chi connectivity index (χ0n) is 9.36. The van der Waals surface area contributed by atoms with Crippen LogP contribution in [-0.2, 0) is 0 Å². The van der Waals surface area contributed by atoms with Gasteiger partial charge in [-0.05, 0) is 0 Å². The highest BCUT2D eigenvalue weighted by Gasteiger charge is 2.15. The third kappa shape index (κ3) is 4.09. The average Bonchev–Trinajstić information content (AvgIpc) is 2.85. The molecule has 19 heavy (non-hydrogen) atoms. The number of nitrogens with two attached hydrogens (primary N) is 3. The van der Waals surface area contributed by atoms with E-state index in [-0.39, 0.29) is 53.9 Å². The number of nitrogens with one attached hydrogen (secondary N) is 1. The molecule has 0 aromatic carbocycles. The van der Waals surface area contributed by atoms with Crippen molar-refractivity contribution >= 4 is 59.0 Å². The zero-order chi connectivity index (χ0) is 12.4. The molecule has 0 aliphatic rings. The predicted molar refractivity (Wildman–Crippen MR) is 78.5 cm³/mol. The Hall–Kier alpha value is -1.84. The highest BCUT2D eigenvalue weighted by atomic mass is 35.5. The second-order valence-electron chi connectivity index (χ2n) is 3.06. The summed E-state index contributed by atoms with van der Waals surface area (Å²) in [5.41, 5.74) is 16.3. The van der Waals surface area contributed by atoms with Gasteiger partial charge in [0, 0.05) is 5.38 Å². The van der Waals surface area contributed by atoms with Crippen LogP contribution in [0.3, 0.4) is 0 Å². The van der Waals surface area contributed by atoms with Crippen molar-refractivity contribution in [2.75, 3.05) is 5.73 Å². The van der Waals surface area contributed by atoms with Crippen molar-refractivity contribution in [2.24, 2.45) is 16.5 Å². The highest BCUT2D eigenvalue weighted by Crippen LogP contribution is 2.20. The Balaban J connectivity index is 0.00000162. The predicted octanol–water partition coefficient (Wildman–Crippen LogP) is 0.428. The third-order valence-corrected chi connectivity index (χ3v) is 2.52. The van der Waals surface area contributed by atoms with Crippen LogP contribution in [0.2, 0.25) is 0 Å². The number of hydrogen-bond acceptors (Lipinski definition) is 6. The van der Waals surface area contributed by atoms with Gasteiger partial charge < -0.3 is 22.2 Å². The Kier molecular flexibility index (Phi) is 6.25. The van der Waals surface area contributed by atoms with Crippen molar-refractivity contribution in [2.45, 2.75) is 0 Å². The van der Waals surface area contributed by atoms with Crippen LogP contribution in [0.1, 0.15) is 16.2 Å². The number of hydrogen-bond donors (Lipinski definition) is 4. The minimum absolute atomic E-state index is 0. The summed E-state index contributed by atoms with van der Waals surface area (Å²) in [5, 5.41) is 1.88. The fourth-order valence-electron chi connectivity index (χ4n) is 1.12. The van der Waals surface area contributed by atoms with Gasteiger partial charge in [-0.15, -0.1) is 36.2 Å². The summed E-state index contributed by atoms with van der Waals surface area (Å²) < 4.78 is 0. The number of H-pyrrole nitrogens is 1. The maximum absolute atomic E-state index is 11.9.